The third-order valence-corrected chi connectivity index (χ3v) is 4.35. The first-order valence-electron chi connectivity index (χ1n) is 8.20. The predicted molar refractivity (Wildman–Crippen MR) is 102 cm³/mol. The molecule has 0 aliphatic rings. The Kier molecular flexibility index (Phi) is 6.21. The summed E-state index contributed by atoms with van der Waals surface area (Å²) in [5.74, 6) is -0.257. The van der Waals surface area contributed by atoms with Crippen LogP contribution < -0.4 is 10.2 Å². The minimum absolute atomic E-state index is 0.112. The van der Waals surface area contributed by atoms with Gasteiger partial charge in [0.2, 0.25) is 5.91 Å². The van der Waals surface area contributed by atoms with Crippen molar-refractivity contribution in [2.24, 2.45) is 0 Å². The average molecular weight is 359 g/mol. The molecule has 0 fully saturated rings. The van der Waals surface area contributed by atoms with E-state index in [4.69, 9.17) is 11.6 Å². The molecule has 0 atom stereocenters. The molecule has 2 aromatic carbocycles. The molecule has 0 aromatic heterocycles. The van der Waals surface area contributed by atoms with E-state index in [2.05, 4.69) is 5.32 Å². The number of nitrogens with one attached hydrogen (secondary N) is 1. The SMILES string of the molecule is CC(=O)N(CCNC(=O)c1ccccc1C)c1c(C)cc(C)cc1Cl. The minimum Gasteiger partial charge on any atom is -0.350 e. The largest absolute Gasteiger partial charge is 0.350 e. The monoisotopic (exact) mass is 358 g/mol. The molecule has 0 aliphatic carbocycles. The Hall–Kier alpha value is -2.33. The molecule has 0 radical (unpaired) electrons. The molecule has 0 spiro atoms. The topological polar surface area (TPSA) is 49.4 Å². The molecule has 0 unspecified atom stereocenters. The maximum absolute atomic E-state index is 12.3. The lowest BCUT2D eigenvalue weighted by Crippen LogP contribution is -2.38. The summed E-state index contributed by atoms with van der Waals surface area (Å²) in [4.78, 5) is 26.0. The van der Waals surface area contributed by atoms with Gasteiger partial charge in [0.1, 0.15) is 0 Å². The van der Waals surface area contributed by atoms with Gasteiger partial charge in [0.05, 0.1) is 10.7 Å². The third-order valence-electron chi connectivity index (χ3n) is 4.06. The molecule has 1 N–H and O–H groups in total. The van der Waals surface area contributed by atoms with Crippen molar-refractivity contribution in [3.05, 3.63) is 63.7 Å². The van der Waals surface area contributed by atoms with E-state index in [1.165, 1.54) is 6.92 Å². The molecule has 0 bridgehead atoms. The summed E-state index contributed by atoms with van der Waals surface area (Å²) in [7, 11) is 0. The van der Waals surface area contributed by atoms with Crippen LogP contribution in [0.2, 0.25) is 5.02 Å². The summed E-state index contributed by atoms with van der Waals surface area (Å²) in [6.07, 6.45) is 0. The van der Waals surface area contributed by atoms with Crippen LogP contribution in [0.3, 0.4) is 0 Å². The molecule has 0 saturated heterocycles. The summed E-state index contributed by atoms with van der Waals surface area (Å²) in [5.41, 5.74) is 4.24. The summed E-state index contributed by atoms with van der Waals surface area (Å²) in [6, 6.07) is 11.2. The number of rotatable bonds is 5. The molecule has 2 rings (SSSR count). The molecular weight excluding hydrogens is 336 g/mol. The number of anilines is 1. The number of benzene rings is 2. The first-order chi connectivity index (χ1) is 11.8. The summed E-state index contributed by atoms with van der Waals surface area (Å²) < 4.78 is 0. The highest BCUT2D eigenvalue weighted by atomic mass is 35.5. The standard InChI is InChI=1S/C20H23ClN2O2/c1-13-11-15(3)19(18(21)12-13)23(16(4)24)10-9-22-20(25)17-8-6-5-7-14(17)2/h5-8,11-12H,9-10H2,1-4H3,(H,22,25). The van der Waals surface area contributed by atoms with Gasteiger partial charge < -0.3 is 10.2 Å². The molecule has 0 heterocycles. The molecule has 25 heavy (non-hydrogen) atoms. The summed E-state index contributed by atoms with van der Waals surface area (Å²) in [6.45, 7) is 7.98. The van der Waals surface area contributed by atoms with Gasteiger partial charge in [-0.2, -0.15) is 0 Å². The fourth-order valence-electron chi connectivity index (χ4n) is 2.88. The van der Waals surface area contributed by atoms with E-state index in [1.807, 2.05) is 51.1 Å². The number of aryl methyl sites for hydroxylation is 3. The maximum atomic E-state index is 12.3. The Morgan fingerprint density at radius 3 is 2.36 bits per heavy atom. The highest BCUT2D eigenvalue weighted by Crippen LogP contribution is 2.31. The van der Waals surface area contributed by atoms with Crippen molar-refractivity contribution in [3.63, 3.8) is 0 Å². The lowest BCUT2D eigenvalue weighted by atomic mass is 10.1. The van der Waals surface area contributed by atoms with Gasteiger partial charge in [0, 0.05) is 25.6 Å². The second-order valence-corrected chi connectivity index (χ2v) is 6.56. The Morgan fingerprint density at radius 2 is 1.76 bits per heavy atom. The van der Waals surface area contributed by atoms with Crippen LogP contribution in [-0.4, -0.2) is 24.9 Å². The van der Waals surface area contributed by atoms with Gasteiger partial charge in [0.15, 0.2) is 0 Å². The van der Waals surface area contributed by atoms with Gasteiger partial charge in [-0.15, -0.1) is 0 Å². The van der Waals surface area contributed by atoms with Gasteiger partial charge in [-0.1, -0.05) is 35.9 Å². The van der Waals surface area contributed by atoms with E-state index in [0.29, 0.717) is 29.4 Å². The molecule has 4 nitrogen and oxygen atoms in total. The third kappa shape index (κ3) is 4.60. The zero-order valence-corrected chi connectivity index (χ0v) is 15.8. The molecule has 2 amide bonds. The van der Waals surface area contributed by atoms with Gasteiger partial charge in [-0.25, -0.2) is 0 Å². The van der Waals surface area contributed by atoms with Crippen LogP contribution in [-0.2, 0) is 4.79 Å². The van der Waals surface area contributed by atoms with E-state index in [1.54, 1.807) is 11.0 Å². The Bertz CT molecular complexity index is 779. The molecule has 132 valence electrons. The van der Waals surface area contributed by atoms with E-state index in [0.717, 1.165) is 16.7 Å². The molecule has 2 aromatic rings. The van der Waals surface area contributed by atoms with Crippen molar-refractivity contribution in [2.45, 2.75) is 27.7 Å². The van der Waals surface area contributed by atoms with E-state index < -0.39 is 0 Å². The predicted octanol–water partition coefficient (Wildman–Crippen LogP) is 4.05. The van der Waals surface area contributed by atoms with Crippen LogP contribution in [0.15, 0.2) is 36.4 Å². The zero-order chi connectivity index (χ0) is 18.6. The van der Waals surface area contributed by atoms with Crippen LogP contribution in [0.25, 0.3) is 0 Å². The van der Waals surface area contributed by atoms with Gasteiger partial charge in [0.25, 0.3) is 5.91 Å². The average Bonchev–Trinajstić information content (AvgIpc) is 2.52. The smallest absolute Gasteiger partial charge is 0.251 e. The molecule has 5 heteroatoms. The number of carbonyl (C=O) groups excluding carboxylic acids is 2. The number of hydrogen-bond acceptors (Lipinski definition) is 2. The number of nitrogens with zero attached hydrogens (tertiary/aromatic N) is 1. The van der Waals surface area contributed by atoms with Crippen LogP contribution in [0.1, 0.15) is 34.0 Å². The Balaban J connectivity index is 2.10. The number of hydrogen-bond donors (Lipinski definition) is 1. The fraction of sp³-hybridized carbons (Fsp3) is 0.300. The summed E-state index contributed by atoms with van der Waals surface area (Å²) in [5, 5.41) is 3.41. The fourth-order valence-corrected chi connectivity index (χ4v) is 3.30. The van der Waals surface area contributed by atoms with Crippen LogP contribution >= 0.6 is 11.6 Å². The summed E-state index contributed by atoms with van der Waals surface area (Å²) >= 11 is 6.35. The van der Waals surface area contributed by atoms with Crippen molar-refractivity contribution in [1.82, 2.24) is 5.32 Å². The second kappa shape index (κ2) is 8.17. The van der Waals surface area contributed by atoms with Crippen molar-refractivity contribution < 1.29 is 9.59 Å². The lowest BCUT2D eigenvalue weighted by Gasteiger charge is -2.25. The van der Waals surface area contributed by atoms with E-state index >= 15 is 0 Å². The lowest BCUT2D eigenvalue weighted by molar-refractivity contribution is -0.116. The highest BCUT2D eigenvalue weighted by molar-refractivity contribution is 6.34. The molecule has 0 aliphatic heterocycles. The first kappa shape index (κ1) is 19.0. The van der Waals surface area contributed by atoms with Crippen LogP contribution in [0.4, 0.5) is 5.69 Å². The molecule has 0 saturated carbocycles. The van der Waals surface area contributed by atoms with Crippen LogP contribution in [0.5, 0.6) is 0 Å². The van der Waals surface area contributed by atoms with Crippen molar-refractivity contribution in [2.75, 3.05) is 18.0 Å². The van der Waals surface area contributed by atoms with E-state index in [9.17, 15) is 9.59 Å². The number of halogens is 1. The van der Waals surface area contributed by atoms with Crippen molar-refractivity contribution in [3.8, 4) is 0 Å². The van der Waals surface area contributed by atoms with Crippen molar-refractivity contribution in [1.29, 1.82) is 0 Å². The zero-order valence-electron chi connectivity index (χ0n) is 15.0. The quantitative estimate of drug-likeness (QED) is 0.876. The Labute approximate surface area is 153 Å². The first-order valence-corrected chi connectivity index (χ1v) is 8.57. The van der Waals surface area contributed by atoms with Crippen molar-refractivity contribution >= 4 is 29.1 Å². The number of carbonyl (C=O) groups is 2. The normalized spacial score (nSPS) is 10.4. The van der Waals surface area contributed by atoms with Gasteiger partial charge >= 0.3 is 0 Å². The number of amides is 2. The maximum Gasteiger partial charge on any atom is 0.251 e. The highest BCUT2D eigenvalue weighted by Gasteiger charge is 2.18. The van der Waals surface area contributed by atoms with E-state index in [-0.39, 0.29) is 11.8 Å². The Morgan fingerprint density at radius 1 is 1.08 bits per heavy atom. The van der Waals surface area contributed by atoms with Gasteiger partial charge in [-0.3, -0.25) is 9.59 Å². The minimum atomic E-state index is -0.145. The molecular formula is C20H23ClN2O2. The second-order valence-electron chi connectivity index (χ2n) is 6.15. The van der Waals surface area contributed by atoms with Crippen LogP contribution in [0, 0.1) is 20.8 Å². The van der Waals surface area contributed by atoms with Gasteiger partial charge in [-0.05, 0) is 49.6 Å².